The fraction of sp³-hybridized carbons (Fsp3) is 0. The number of benzene rings is 9. The Morgan fingerprint density at radius 2 is 0.648 bits per heavy atom. The highest BCUT2D eigenvalue weighted by Gasteiger charge is 2.23. The molecule has 54 heavy (non-hydrogen) atoms. The lowest BCUT2D eigenvalue weighted by Crippen LogP contribution is -1.97. The average Bonchev–Trinajstić information content (AvgIpc) is 3.25. The van der Waals surface area contributed by atoms with Crippen LogP contribution in [-0.4, -0.2) is 4.98 Å². The molecule has 0 N–H and O–H groups in total. The van der Waals surface area contributed by atoms with Crippen LogP contribution in [0.4, 0.5) is 0 Å². The zero-order valence-corrected chi connectivity index (χ0v) is 29.5. The van der Waals surface area contributed by atoms with Crippen LogP contribution in [0.3, 0.4) is 0 Å². The number of pyridine rings is 1. The Morgan fingerprint density at radius 1 is 0.241 bits per heavy atom. The Bertz CT molecular complexity index is 3050. The predicted octanol–water partition coefficient (Wildman–Crippen LogP) is 14.5. The minimum Gasteiger partial charge on any atom is -0.263 e. The van der Waals surface area contributed by atoms with Gasteiger partial charge in [-0.05, 0) is 111 Å². The Kier molecular flexibility index (Phi) is 6.93. The summed E-state index contributed by atoms with van der Waals surface area (Å²) in [5, 5.41) is 7.43. The number of nitrogens with zero attached hydrogens (tertiary/aromatic N) is 1. The summed E-state index contributed by atoms with van der Waals surface area (Å²) in [6.07, 6.45) is 4.05. The third-order valence-electron chi connectivity index (χ3n) is 11.3. The molecule has 0 spiro atoms. The molecule has 1 heterocycles. The van der Waals surface area contributed by atoms with Gasteiger partial charge in [0.05, 0.1) is 0 Å². The van der Waals surface area contributed by atoms with Crippen molar-refractivity contribution in [3.05, 3.63) is 200 Å². The van der Waals surface area contributed by atoms with Gasteiger partial charge in [0.15, 0.2) is 0 Å². The minimum absolute atomic E-state index is 1.09. The Labute approximate surface area is 314 Å². The third-order valence-corrected chi connectivity index (χ3v) is 11.3. The van der Waals surface area contributed by atoms with Crippen LogP contribution < -0.4 is 0 Å². The number of hydrogen-bond acceptors (Lipinski definition) is 1. The molecule has 0 amide bonds. The lowest BCUT2D eigenvalue weighted by atomic mass is 9.80. The highest BCUT2D eigenvalue weighted by Crippen LogP contribution is 2.49. The molecule has 0 saturated heterocycles. The number of hydrogen-bond donors (Lipinski definition) is 0. The molecule has 0 saturated carbocycles. The summed E-state index contributed by atoms with van der Waals surface area (Å²) in [5.74, 6) is 0. The van der Waals surface area contributed by atoms with Crippen LogP contribution in [0.25, 0.3) is 110 Å². The zero-order valence-electron chi connectivity index (χ0n) is 29.5. The van der Waals surface area contributed by atoms with E-state index in [1.54, 1.807) is 0 Å². The van der Waals surface area contributed by atoms with Gasteiger partial charge in [0.2, 0.25) is 0 Å². The van der Waals surface area contributed by atoms with Crippen molar-refractivity contribution >= 4 is 32.3 Å². The molecule has 11 rings (SSSR count). The molecule has 0 fully saturated rings. The molecule has 250 valence electrons. The quantitative estimate of drug-likeness (QED) is 0.169. The van der Waals surface area contributed by atoms with E-state index >= 15 is 0 Å². The molecular formula is C53H33N. The fourth-order valence-corrected chi connectivity index (χ4v) is 8.95. The van der Waals surface area contributed by atoms with Gasteiger partial charge in [-0.3, -0.25) is 4.98 Å². The molecule has 0 bridgehead atoms. The molecule has 0 radical (unpaired) electrons. The second kappa shape index (κ2) is 12.3. The zero-order chi connectivity index (χ0) is 35.6. The SMILES string of the molecule is c1ccc2c(c1)-c1ccccc1-c1ccc(-c3cncc(-c4c5ccccc5c(-c5cccc6ccccc56)c5ccccc45)c3)cc1-c1ccccc1-2. The van der Waals surface area contributed by atoms with E-state index in [1.165, 1.54) is 93.5 Å². The molecule has 1 aliphatic rings. The third kappa shape index (κ3) is 4.69. The molecule has 1 aliphatic carbocycles. The van der Waals surface area contributed by atoms with E-state index in [2.05, 4.69) is 188 Å². The summed E-state index contributed by atoms with van der Waals surface area (Å²) < 4.78 is 0. The molecule has 0 unspecified atom stereocenters. The fourth-order valence-electron chi connectivity index (χ4n) is 8.95. The smallest absolute Gasteiger partial charge is 0.0347 e. The molecule has 1 aromatic heterocycles. The van der Waals surface area contributed by atoms with Gasteiger partial charge in [-0.25, -0.2) is 0 Å². The van der Waals surface area contributed by atoms with Crippen molar-refractivity contribution in [2.45, 2.75) is 0 Å². The van der Waals surface area contributed by atoms with Gasteiger partial charge in [-0.15, -0.1) is 0 Å². The highest BCUT2D eigenvalue weighted by atomic mass is 14.6. The number of rotatable bonds is 3. The first-order chi connectivity index (χ1) is 26.8. The van der Waals surface area contributed by atoms with Crippen molar-refractivity contribution in [1.82, 2.24) is 4.98 Å². The summed E-state index contributed by atoms with van der Waals surface area (Å²) in [7, 11) is 0. The maximum atomic E-state index is 4.93. The number of fused-ring (bicyclic) bond motifs is 11. The minimum atomic E-state index is 1.09. The van der Waals surface area contributed by atoms with Crippen LogP contribution in [0.15, 0.2) is 200 Å². The second-order valence-corrected chi connectivity index (χ2v) is 14.2. The standard InChI is InChI=1S/C53H33N/c1-2-16-38-34(14-1)15-13-27-46(38)53-49-25-11-9-23-47(49)52(48-24-10-12-26-50(48)53)37-30-36(32-54-33-37)35-28-29-45-43-21-6-5-19-41(43)39-17-3-4-18-40(39)42-20-7-8-22-44(42)51(45)31-35/h1-33H. The first-order valence-corrected chi connectivity index (χ1v) is 18.6. The van der Waals surface area contributed by atoms with Crippen LogP contribution >= 0.6 is 0 Å². The van der Waals surface area contributed by atoms with E-state index in [0.717, 1.165) is 16.7 Å². The Hall–Kier alpha value is -7.09. The lowest BCUT2D eigenvalue weighted by Gasteiger charge is -2.23. The van der Waals surface area contributed by atoms with Crippen molar-refractivity contribution in [1.29, 1.82) is 0 Å². The second-order valence-electron chi connectivity index (χ2n) is 14.2. The highest BCUT2D eigenvalue weighted by molar-refractivity contribution is 6.23. The summed E-state index contributed by atoms with van der Waals surface area (Å²) in [6.45, 7) is 0. The summed E-state index contributed by atoms with van der Waals surface area (Å²) in [6, 6.07) is 68.9. The molecule has 1 heteroatoms. The normalized spacial score (nSPS) is 11.7. The van der Waals surface area contributed by atoms with Crippen LogP contribution in [-0.2, 0) is 0 Å². The van der Waals surface area contributed by atoms with E-state index < -0.39 is 0 Å². The van der Waals surface area contributed by atoms with Gasteiger partial charge in [0.25, 0.3) is 0 Å². The van der Waals surface area contributed by atoms with Crippen LogP contribution in [0.5, 0.6) is 0 Å². The van der Waals surface area contributed by atoms with Crippen molar-refractivity contribution in [2.24, 2.45) is 0 Å². The van der Waals surface area contributed by atoms with Crippen LogP contribution in [0.1, 0.15) is 0 Å². The van der Waals surface area contributed by atoms with Gasteiger partial charge in [0.1, 0.15) is 0 Å². The van der Waals surface area contributed by atoms with E-state index in [9.17, 15) is 0 Å². The first kappa shape index (κ1) is 30.5. The van der Waals surface area contributed by atoms with Gasteiger partial charge in [-0.2, -0.15) is 0 Å². The molecule has 9 aromatic carbocycles. The van der Waals surface area contributed by atoms with Gasteiger partial charge in [0, 0.05) is 23.5 Å². The van der Waals surface area contributed by atoms with Gasteiger partial charge < -0.3 is 0 Å². The Morgan fingerprint density at radius 3 is 1.22 bits per heavy atom. The average molecular weight is 684 g/mol. The van der Waals surface area contributed by atoms with Crippen LogP contribution in [0.2, 0.25) is 0 Å². The molecule has 10 aromatic rings. The Balaban J connectivity index is 1.13. The number of aromatic nitrogens is 1. The lowest BCUT2D eigenvalue weighted by molar-refractivity contribution is 1.33. The first-order valence-electron chi connectivity index (χ1n) is 18.6. The maximum Gasteiger partial charge on any atom is 0.0347 e. The topological polar surface area (TPSA) is 12.9 Å². The molecular weight excluding hydrogens is 651 g/mol. The maximum absolute atomic E-state index is 4.93. The van der Waals surface area contributed by atoms with E-state index in [1.807, 2.05) is 12.4 Å². The summed E-state index contributed by atoms with van der Waals surface area (Å²) in [5.41, 5.74) is 17.0. The molecule has 1 nitrogen and oxygen atoms in total. The van der Waals surface area contributed by atoms with Crippen molar-refractivity contribution in [3.8, 4) is 77.9 Å². The van der Waals surface area contributed by atoms with Crippen LogP contribution in [0, 0.1) is 0 Å². The largest absolute Gasteiger partial charge is 0.263 e. The van der Waals surface area contributed by atoms with E-state index in [-0.39, 0.29) is 0 Å². The predicted molar refractivity (Wildman–Crippen MR) is 228 cm³/mol. The summed E-state index contributed by atoms with van der Waals surface area (Å²) >= 11 is 0. The van der Waals surface area contributed by atoms with Gasteiger partial charge >= 0.3 is 0 Å². The van der Waals surface area contributed by atoms with Gasteiger partial charge in [-0.1, -0.05) is 176 Å². The summed E-state index contributed by atoms with van der Waals surface area (Å²) in [4.78, 5) is 4.93. The van der Waals surface area contributed by atoms with Crippen molar-refractivity contribution in [3.63, 3.8) is 0 Å². The van der Waals surface area contributed by atoms with Crippen molar-refractivity contribution < 1.29 is 0 Å². The van der Waals surface area contributed by atoms with E-state index in [0.29, 0.717) is 0 Å². The molecule has 0 aliphatic heterocycles. The van der Waals surface area contributed by atoms with Crippen molar-refractivity contribution in [2.75, 3.05) is 0 Å². The monoisotopic (exact) mass is 683 g/mol. The van der Waals surface area contributed by atoms with E-state index in [4.69, 9.17) is 4.98 Å². The molecule has 0 atom stereocenters.